The first-order chi connectivity index (χ1) is 13.1. The molecule has 0 spiro atoms. The van der Waals surface area contributed by atoms with Gasteiger partial charge in [0, 0.05) is 5.56 Å². The van der Waals surface area contributed by atoms with Crippen LogP contribution in [0.5, 0.6) is 5.75 Å². The number of nitrogens with zero attached hydrogens (tertiary/aromatic N) is 3. The van der Waals surface area contributed by atoms with Crippen LogP contribution in [-0.4, -0.2) is 28.3 Å². The Balaban J connectivity index is 1.48. The number of carbonyl (C=O) groups excluding carboxylic acids is 1. The van der Waals surface area contributed by atoms with Crippen molar-refractivity contribution < 1.29 is 18.7 Å². The lowest BCUT2D eigenvalue weighted by Gasteiger charge is -2.09. The molecule has 4 aromatic rings. The van der Waals surface area contributed by atoms with Crippen molar-refractivity contribution in [3.8, 4) is 17.2 Å². The first kappa shape index (κ1) is 17.2. The van der Waals surface area contributed by atoms with E-state index in [4.69, 9.17) is 13.9 Å². The van der Waals surface area contributed by atoms with E-state index in [0.717, 1.165) is 21.5 Å². The number of fused-ring (bicyclic) bond motifs is 1. The smallest absolute Gasteiger partial charge is 0.338 e. The van der Waals surface area contributed by atoms with Gasteiger partial charge in [0.15, 0.2) is 6.10 Å². The highest BCUT2D eigenvalue weighted by Crippen LogP contribution is 2.25. The summed E-state index contributed by atoms with van der Waals surface area (Å²) in [7, 11) is 1.60. The summed E-state index contributed by atoms with van der Waals surface area (Å²) < 4.78 is 17.2. The van der Waals surface area contributed by atoms with E-state index in [2.05, 4.69) is 15.2 Å². The van der Waals surface area contributed by atoms with Crippen LogP contribution >= 0.6 is 11.3 Å². The maximum Gasteiger partial charge on any atom is 0.338 e. The predicted octanol–water partition coefficient (Wildman–Crippen LogP) is 4.27. The number of ether oxygens (including phenoxy) is 2. The lowest BCUT2D eigenvalue weighted by atomic mass is 10.2. The van der Waals surface area contributed by atoms with Crippen LogP contribution in [0.25, 0.3) is 21.7 Å². The molecule has 0 unspecified atom stereocenters. The third-order valence-electron chi connectivity index (χ3n) is 3.98. The minimum Gasteiger partial charge on any atom is -0.497 e. The van der Waals surface area contributed by atoms with Gasteiger partial charge in [-0.1, -0.05) is 0 Å². The van der Waals surface area contributed by atoms with Gasteiger partial charge < -0.3 is 13.9 Å². The van der Waals surface area contributed by atoms with Gasteiger partial charge in [-0.2, -0.15) is 0 Å². The molecule has 0 amide bonds. The summed E-state index contributed by atoms with van der Waals surface area (Å²) in [5.74, 6) is 0.857. The number of hydrogen-bond donors (Lipinski definition) is 0. The molecule has 2 aromatic heterocycles. The lowest BCUT2D eigenvalue weighted by molar-refractivity contribution is 0.0280. The zero-order chi connectivity index (χ0) is 18.8. The normalized spacial score (nSPS) is 12.1. The number of carbonyl (C=O) groups is 1. The topological polar surface area (TPSA) is 87.3 Å². The summed E-state index contributed by atoms with van der Waals surface area (Å²) in [5.41, 5.74) is 3.80. The Kier molecular flexibility index (Phi) is 4.55. The van der Waals surface area contributed by atoms with Crippen molar-refractivity contribution in [3.63, 3.8) is 0 Å². The van der Waals surface area contributed by atoms with Crippen LogP contribution in [0, 0.1) is 0 Å². The summed E-state index contributed by atoms with van der Waals surface area (Å²) in [5, 5.41) is 8.01. The van der Waals surface area contributed by atoms with E-state index in [0.29, 0.717) is 11.5 Å². The predicted molar refractivity (Wildman–Crippen MR) is 99.7 cm³/mol. The molecule has 27 heavy (non-hydrogen) atoms. The Hall–Kier alpha value is -3.26. The molecule has 0 fully saturated rings. The van der Waals surface area contributed by atoms with E-state index in [1.807, 2.05) is 12.1 Å². The second-order valence-corrected chi connectivity index (χ2v) is 6.64. The number of benzene rings is 2. The largest absolute Gasteiger partial charge is 0.497 e. The summed E-state index contributed by atoms with van der Waals surface area (Å²) in [4.78, 5) is 16.6. The van der Waals surface area contributed by atoms with Crippen LogP contribution in [0.2, 0.25) is 0 Å². The molecule has 8 heteroatoms. The van der Waals surface area contributed by atoms with Gasteiger partial charge in [0.2, 0.25) is 5.89 Å². The molecule has 1 atom stereocenters. The SMILES string of the molecule is COc1ccc(-c2nnc([C@@H](C)OC(=O)c3ccc4ncsc4c3)o2)cc1. The third kappa shape index (κ3) is 3.52. The highest BCUT2D eigenvalue weighted by atomic mass is 32.1. The van der Waals surface area contributed by atoms with Gasteiger partial charge in [-0.15, -0.1) is 21.5 Å². The minimum atomic E-state index is -0.672. The number of rotatable bonds is 5. The number of aromatic nitrogens is 3. The second kappa shape index (κ2) is 7.16. The molecule has 0 aliphatic rings. The van der Waals surface area contributed by atoms with E-state index in [1.165, 1.54) is 11.3 Å². The lowest BCUT2D eigenvalue weighted by Crippen LogP contribution is -2.09. The maximum atomic E-state index is 12.4. The minimum absolute atomic E-state index is 0.230. The summed E-state index contributed by atoms with van der Waals surface area (Å²) in [6.07, 6.45) is -0.672. The molecular formula is C19H15N3O4S. The number of esters is 1. The number of thiazole rings is 1. The Morgan fingerprint density at radius 1 is 1.15 bits per heavy atom. The molecule has 0 saturated carbocycles. The zero-order valence-electron chi connectivity index (χ0n) is 14.6. The first-order valence-electron chi connectivity index (χ1n) is 8.16. The standard InChI is InChI=1S/C19H15N3O4S/c1-11(25-19(23)13-5-8-15-16(9-13)27-10-20-15)17-21-22-18(26-17)12-3-6-14(24-2)7-4-12/h3-11H,1-2H3/t11-/m1/s1. The molecule has 7 nitrogen and oxygen atoms in total. The van der Waals surface area contributed by atoms with Crippen molar-refractivity contribution in [1.29, 1.82) is 0 Å². The summed E-state index contributed by atoms with van der Waals surface area (Å²) >= 11 is 1.47. The highest BCUT2D eigenvalue weighted by molar-refractivity contribution is 7.16. The maximum absolute atomic E-state index is 12.4. The van der Waals surface area contributed by atoms with Crippen LogP contribution in [0.4, 0.5) is 0 Å². The van der Waals surface area contributed by atoms with Gasteiger partial charge in [-0.3, -0.25) is 0 Å². The van der Waals surface area contributed by atoms with E-state index >= 15 is 0 Å². The summed E-state index contributed by atoms with van der Waals surface area (Å²) in [6, 6.07) is 12.5. The number of methoxy groups -OCH3 is 1. The van der Waals surface area contributed by atoms with Gasteiger partial charge >= 0.3 is 5.97 Å². The van der Waals surface area contributed by atoms with E-state index < -0.39 is 12.1 Å². The molecule has 136 valence electrons. The quantitative estimate of drug-likeness (QED) is 0.477. The van der Waals surface area contributed by atoms with Crippen LogP contribution in [0.3, 0.4) is 0 Å². The Labute approximate surface area is 158 Å². The molecule has 2 aromatic carbocycles. The second-order valence-electron chi connectivity index (χ2n) is 5.76. The van der Waals surface area contributed by atoms with Gasteiger partial charge in [0.25, 0.3) is 5.89 Å². The van der Waals surface area contributed by atoms with E-state index in [9.17, 15) is 4.79 Å². The number of hydrogen-bond acceptors (Lipinski definition) is 8. The van der Waals surface area contributed by atoms with Gasteiger partial charge in [0.1, 0.15) is 5.75 Å². The average molecular weight is 381 g/mol. The molecular weight excluding hydrogens is 366 g/mol. The molecule has 0 saturated heterocycles. The molecule has 0 bridgehead atoms. The van der Waals surface area contributed by atoms with Crippen molar-refractivity contribution in [1.82, 2.24) is 15.2 Å². The first-order valence-corrected chi connectivity index (χ1v) is 9.04. The molecule has 0 aliphatic heterocycles. The fraction of sp³-hybridized carbons (Fsp3) is 0.158. The van der Waals surface area contributed by atoms with Crippen LogP contribution in [-0.2, 0) is 4.74 Å². The molecule has 0 radical (unpaired) electrons. The van der Waals surface area contributed by atoms with Gasteiger partial charge in [0.05, 0.1) is 28.4 Å². The van der Waals surface area contributed by atoms with Crippen molar-refractivity contribution >= 4 is 27.5 Å². The summed E-state index contributed by atoms with van der Waals surface area (Å²) in [6.45, 7) is 1.69. The molecule has 0 N–H and O–H groups in total. The Morgan fingerprint density at radius 3 is 2.74 bits per heavy atom. The van der Waals surface area contributed by atoms with Crippen molar-refractivity contribution in [2.75, 3.05) is 7.11 Å². The molecule has 2 heterocycles. The van der Waals surface area contributed by atoms with E-state index in [-0.39, 0.29) is 5.89 Å². The zero-order valence-corrected chi connectivity index (χ0v) is 15.4. The van der Waals surface area contributed by atoms with Crippen molar-refractivity contribution in [3.05, 3.63) is 59.4 Å². The highest BCUT2D eigenvalue weighted by Gasteiger charge is 2.20. The van der Waals surface area contributed by atoms with Crippen LogP contribution in [0.1, 0.15) is 29.3 Å². The average Bonchev–Trinajstić information content (AvgIpc) is 3.37. The fourth-order valence-electron chi connectivity index (χ4n) is 2.51. The van der Waals surface area contributed by atoms with Crippen LogP contribution in [0.15, 0.2) is 52.4 Å². The molecule has 0 aliphatic carbocycles. The van der Waals surface area contributed by atoms with Gasteiger partial charge in [-0.25, -0.2) is 9.78 Å². The molecule has 4 rings (SSSR count). The Morgan fingerprint density at radius 2 is 1.96 bits per heavy atom. The third-order valence-corrected chi connectivity index (χ3v) is 4.77. The van der Waals surface area contributed by atoms with Gasteiger partial charge in [-0.05, 0) is 49.4 Å². The Bertz CT molecular complexity index is 1090. The fourth-order valence-corrected chi connectivity index (χ4v) is 3.23. The van der Waals surface area contributed by atoms with Crippen molar-refractivity contribution in [2.24, 2.45) is 0 Å². The van der Waals surface area contributed by atoms with E-state index in [1.54, 1.807) is 49.9 Å². The monoisotopic (exact) mass is 381 g/mol. The van der Waals surface area contributed by atoms with Crippen LogP contribution < -0.4 is 4.74 Å². The van der Waals surface area contributed by atoms with Crippen molar-refractivity contribution in [2.45, 2.75) is 13.0 Å².